The molecule has 0 N–H and O–H groups in total. The zero-order valence-electron chi connectivity index (χ0n) is 11.9. The summed E-state index contributed by atoms with van der Waals surface area (Å²) in [6.45, 7) is 0.672. The first-order valence-corrected chi connectivity index (χ1v) is 8.31. The highest BCUT2D eigenvalue weighted by molar-refractivity contribution is 9.09. The van der Waals surface area contributed by atoms with Gasteiger partial charge in [-0.3, -0.25) is 0 Å². The molecule has 1 unspecified atom stereocenters. The minimum Gasteiger partial charge on any atom is -0.497 e. The minimum atomic E-state index is 0.417. The van der Waals surface area contributed by atoms with Crippen molar-refractivity contribution in [2.75, 3.05) is 19.0 Å². The number of hydrogen-bond acceptors (Lipinski definition) is 2. The maximum Gasteiger partial charge on any atom is 0.119 e. The molecule has 0 spiro atoms. The van der Waals surface area contributed by atoms with Crippen LogP contribution < -0.4 is 9.47 Å². The van der Waals surface area contributed by atoms with E-state index < -0.39 is 0 Å². The van der Waals surface area contributed by atoms with E-state index in [1.54, 1.807) is 7.11 Å². The Bertz CT molecular complexity index is 540. The van der Waals surface area contributed by atoms with E-state index in [-0.39, 0.29) is 0 Å². The third-order valence-electron chi connectivity index (χ3n) is 3.32. The van der Waals surface area contributed by atoms with Gasteiger partial charge in [-0.2, -0.15) is 0 Å². The molecule has 112 valence electrons. The zero-order chi connectivity index (χ0) is 15.1. The highest BCUT2D eigenvalue weighted by Crippen LogP contribution is 2.24. The van der Waals surface area contributed by atoms with E-state index in [9.17, 15) is 0 Å². The molecule has 0 aliphatic heterocycles. The van der Waals surface area contributed by atoms with Crippen LogP contribution in [0.4, 0.5) is 0 Å². The van der Waals surface area contributed by atoms with Gasteiger partial charge in [0.2, 0.25) is 0 Å². The summed E-state index contributed by atoms with van der Waals surface area (Å²) < 4.78 is 10.9. The van der Waals surface area contributed by atoms with Gasteiger partial charge in [-0.05, 0) is 54.3 Å². The van der Waals surface area contributed by atoms with Crippen molar-refractivity contribution in [2.45, 2.75) is 12.3 Å². The number of alkyl halides is 1. The summed E-state index contributed by atoms with van der Waals surface area (Å²) in [5.74, 6) is 2.11. The molecule has 0 fully saturated rings. The Morgan fingerprint density at radius 3 is 2.19 bits per heavy atom. The van der Waals surface area contributed by atoms with Crippen molar-refractivity contribution in [3.8, 4) is 11.5 Å². The topological polar surface area (TPSA) is 18.5 Å². The maximum atomic E-state index is 5.92. The molecule has 2 aromatic rings. The smallest absolute Gasteiger partial charge is 0.119 e. The van der Waals surface area contributed by atoms with Crippen LogP contribution in [-0.4, -0.2) is 19.0 Å². The molecule has 0 aliphatic carbocycles. The van der Waals surface area contributed by atoms with Crippen LogP contribution in [0, 0.1) is 0 Å². The normalized spacial score (nSPS) is 12.0. The fourth-order valence-corrected chi connectivity index (χ4v) is 2.88. The number of halogens is 2. The number of benzene rings is 2. The monoisotopic (exact) mass is 368 g/mol. The number of ether oxygens (including phenoxy) is 2. The van der Waals surface area contributed by atoms with Crippen molar-refractivity contribution in [2.24, 2.45) is 0 Å². The molecule has 0 heterocycles. The molecule has 0 saturated heterocycles. The van der Waals surface area contributed by atoms with Gasteiger partial charge in [0.15, 0.2) is 0 Å². The van der Waals surface area contributed by atoms with Crippen LogP contribution in [0.3, 0.4) is 0 Å². The Labute approximate surface area is 139 Å². The van der Waals surface area contributed by atoms with Gasteiger partial charge in [0.1, 0.15) is 11.5 Å². The van der Waals surface area contributed by atoms with Gasteiger partial charge in [0.25, 0.3) is 0 Å². The second-order valence-corrected chi connectivity index (χ2v) is 5.80. The minimum absolute atomic E-state index is 0.417. The number of rotatable bonds is 7. The van der Waals surface area contributed by atoms with E-state index in [1.807, 2.05) is 36.4 Å². The SMILES string of the molecule is COc1ccc(OCCC(CBr)c2ccc(Cl)cc2)cc1. The first-order valence-electron chi connectivity index (χ1n) is 6.81. The number of methoxy groups -OCH3 is 1. The predicted octanol–water partition coefficient (Wildman–Crippen LogP) is 5.30. The van der Waals surface area contributed by atoms with E-state index in [2.05, 4.69) is 28.1 Å². The zero-order valence-corrected chi connectivity index (χ0v) is 14.2. The summed E-state index contributed by atoms with van der Waals surface area (Å²) in [6, 6.07) is 15.6. The molecule has 0 bridgehead atoms. The summed E-state index contributed by atoms with van der Waals surface area (Å²) in [7, 11) is 1.66. The summed E-state index contributed by atoms with van der Waals surface area (Å²) in [5, 5.41) is 1.67. The lowest BCUT2D eigenvalue weighted by atomic mass is 9.98. The van der Waals surface area contributed by atoms with Gasteiger partial charge in [-0.1, -0.05) is 39.7 Å². The summed E-state index contributed by atoms with van der Waals surface area (Å²) >= 11 is 9.49. The molecular weight excluding hydrogens is 352 g/mol. The van der Waals surface area contributed by atoms with Crippen molar-refractivity contribution < 1.29 is 9.47 Å². The lowest BCUT2D eigenvalue weighted by Crippen LogP contribution is -2.07. The third kappa shape index (κ3) is 4.94. The standard InChI is InChI=1S/C17H18BrClO2/c1-20-16-6-8-17(9-7-16)21-11-10-14(12-18)13-2-4-15(19)5-3-13/h2-9,14H,10-12H2,1H3. The second-order valence-electron chi connectivity index (χ2n) is 4.72. The van der Waals surface area contributed by atoms with Crippen LogP contribution in [0.15, 0.2) is 48.5 Å². The first kappa shape index (κ1) is 16.2. The predicted molar refractivity (Wildman–Crippen MR) is 91.1 cm³/mol. The van der Waals surface area contributed by atoms with E-state index in [0.717, 1.165) is 28.3 Å². The maximum absolute atomic E-state index is 5.92. The van der Waals surface area contributed by atoms with Crippen LogP contribution in [0.25, 0.3) is 0 Å². The van der Waals surface area contributed by atoms with E-state index in [1.165, 1.54) is 5.56 Å². The van der Waals surface area contributed by atoms with Crippen molar-refractivity contribution in [1.82, 2.24) is 0 Å². The van der Waals surface area contributed by atoms with Crippen molar-refractivity contribution in [3.63, 3.8) is 0 Å². The Kier molecular flexibility index (Phi) is 6.40. The van der Waals surface area contributed by atoms with Gasteiger partial charge in [-0.25, -0.2) is 0 Å². The molecule has 2 rings (SSSR count). The summed E-state index contributed by atoms with van der Waals surface area (Å²) in [6.07, 6.45) is 0.943. The molecule has 0 aliphatic rings. The second kappa shape index (κ2) is 8.30. The van der Waals surface area contributed by atoms with E-state index in [0.29, 0.717) is 12.5 Å². The molecule has 4 heteroatoms. The summed E-state index contributed by atoms with van der Waals surface area (Å²) in [5.41, 5.74) is 1.27. The van der Waals surface area contributed by atoms with Gasteiger partial charge < -0.3 is 9.47 Å². The van der Waals surface area contributed by atoms with Crippen molar-refractivity contribution in [1.29, 1.82) is 0 Å². The number of hydrogen-bond donors (Lipinski definition) is 0. The molecular formula is C17H18BrClO2. The summed E-state index contributed by atoms with van der Waals surface area (Å²) in [4.78, 5) is 0. The Hall–Kier alpha value is -1.19. The van der Waals surface area contributed by atoms with Gasteiger partial charge in [-0.15, -0.1) is 0 Å². The van der Waals surface area contributed by atoms with Crippen LogP contribution in [-0.2, 0) is 0 Å². The van der Waals surface area contributed by atoms with Crippen LogP contribution >= 0.6 is 27.5 Å². The fraction of sp³-hybridized carbons (Fsp3) is 0.294. The lowest BCUT2D eigenvalue weighted by Gasteiger charge is -2.15. The van der Waals surface area contributed by atoms with Crippen LogP contribution in [0.2, 0.25) is 5.02 Å². The quantitative estimate of drug-likeness (QED) is 0.617. The average Bonchev–Trinajstić information content (AvgIpc) is 2.53. The van der Waals surface area contributed by atoms with Gasteiger partial charge >= 0.3 is 0 Å². The average molecular weight is 370 g/mol. The van der Waals surface area contributed by atoms with E-state index >= 15 is 0 Å². The fourth-order valence-electron chi connectivity index (χ4n) is 2.06. The molecule has 0 amide bonds. The molecule has 0 radical (unpaired) electrons. The highest BCUT2D eigenvalue weighted by Gasteiger charge is 2.10. The highest BCUT2D eigenvalue weighted by atomic mass is 79.9. The Balaban J connectivity index is 1.86. The van der Waals surface area contributed by atoms with Crippen LogP contribution in [0.1, 0.15) is 17.9 Å². The van der Waals surface area contributed by atoms with Crippen molar-refractivity contribution in [3.05, 3.63) is 59.1 Å². The van der Waals surface area contributed by atoms with Crippen molar-refractivity contribution >= 4 is 27.5 Å². The van der Waals surface area contributed by atoms with Gasteiger partial charge in [0.05, 0.1) is 13.7 Å². The first-order chi connectivity index (χ1) is 10.2. The third-order valence-corrected chi connectivity index (χ3v) is 4.36. The largest absolute Gasteiger partial charge is 0.497 e. The Morgan fingerprint density at radius 2 is 1.62 bits per heavy atom. The molecule has 2 nitrogen and oxygen atoms in total. The lowest BCUT2D eigenvalue weighted by molar-refractivity contribution is 0.301. The van der Waals surface area contributed by atoms with E-state index in [4.69, 9.17) is 21.1 Å². The molecule has 0 saturated carbocycles. The Morgan fingerprint density at radius 1 is 1.00 bits per heavy atom. The molecule has 2 aromatic carbocycles. The van der Waals surface area contributed by atoms with Crippen LogP contribution in [0.5, 0.6) is 11.5 Å². The van der Waals surface area contributed by atoms with Gasteiger partial charge in [0, 0.05) is 10.4 Å². The molecule has 21 heavy (non-hydrogen) atoms. The molecule has 0 aromatic heterocycles. The molecule has 1 atom stereocenters.